The number of methoxy groups -OCH3 is 1. The fourth-order valence-electron chi connectivity index (χ4n) is 2.96. The lowest BCUT2D eigenvalue weighted by Crippen LogP contribution is -2.51. The van der Waals surface area contributed by atoms with Crippen molar-refractivity contribution < 1.29 is 9.47 Å². The highest BCUT2D eigenvalue weighted by molar-refractivity contribution is 14.0. The van der Waals surface area contributed by atoms with E-state index in [-0.39, 0.29) is 24.0 Å². The maximum absolute atomic E-state index is 5.58. The topological polar surface area (TPSA) is 61.4 Å². The SMILES string of the molecule is CCNC(=NCC1CN(C)CCN1C)Nc1ccc(OCC)c(OC)c1.I. The maximum atomic E-state index is 5.58. The van der Waals surface area contributed by atoms with Gasteiger partial charge in [-0.3, -0.25) is 9.89 Å². The van der Waals surface area contributed by atoms with Crippen molar-refractivity contribution in [3.05, 3.63) is 18.2 Å². The van der Waals surface area contributed by atoms with Crippen LogP contribution in [-0.2, 0) is 0 Å². The second-order valence-electron chi connectivity index (χ2n) is 6.54. The zero-order valence-corrected chi connectivity index (χ0v) is 19.4. The van der Waals surface area contributed by atoms with Crippen molar-refractivity contribution in [1.29, 1.82) is 0 Å². The van der Waals surface area contributed by atoms with E-state index in [1.807, 2.05) is 25.1 Å². The molecule has 27 heavy (non-hydrogen) atoms. The first kappa shape index (κ1) is 23.8. The van der Waals surface area contributed by atoms with Crippen LogP contribution < -0.4 is 20.1 Å². The number of rotatable bonds is 7. The van der Waals surface area contributed by atoms with Gasteiger partial charge in [0.15, 0.2) is 17.5 Å². The first-order chi connectivity index (χ1) is 12.6. The molecule has 0 aliphatic carbocycles. The summed E-state index contributed by atoms with van der Waals surface area (Å²) in [5.74, 6) is 2.23. The Hall–Kier alpha value is -1.26. The maximum Gasteiger partial charge on any atom is 0.195 e. The summed E-state index contributed by atoms with van der Waals surface area (Å²) in [4.78, 5) is 9.53. The number of halogens is 1. The molecule has 7 nitrogen and oxygen atoms in total. The lowest BCUT2D eigenvalue weighted by Gasteiger charge is -2.36. The van der Waals surface area contributed by atoms with Gasteiger partial charge in [-0.1, -0.05) is 0 Å². The minimum absolute atomic E-state index is 0. The Kier molecular flexibility index (Phi) is 10.8. The van der Waals surface area contributed by atoms with Crippen LogP contribution in [0.25, 0.3) is 0 Å². The second kappa shape index (κ2) is 12.2. The number of nitrogens with zero attached hydrogens (tertiary/aromatic N) is 3. The number of benzene rings is 1. The van der Waals surface area contributed by atoms with Crippen LogP contribution in [0.1, 0.15) is 13.8 Å². The molecule has 0 aromatic heterocycles. The molecule has 1 saturated heterocycles. The summed E-state index contributed by atoms with van der Waals surface area (Å²) in [6.07, 6.45) is 0. The zero-order chi connectivity index (χ0) is 18.9. The highest BCUT2D eigenvalue weighted by Gasteiger charge is 2.21. The van der Waals surface area contributed by atoms with Crippen molar-refractivity contribution in [2.45, 2.75) is 19.9 Å². The van der Waals surface area contributed by atoms with Gasteiger partial charge >= 0.3 is 0 Å². The normalized spacial score (nSPS) is 18.6. The standard InChI is InChI=1S/C19H33N5O2.HI/c1-6-20-19(21-13-16-14-23(3)10-11-24(16)4)22-15-8-9-17(26-7-2)18(12-15)25-5;/h8-9,12,16H,6-7,10-11,13-14H2,1-5H3,(H2,20,21,22);1H. The van der Waals surface area contributed by atoms with E-state index in [0.717, 1.165) is 50.1 Å². The highest BCUT2D eigenvalue weighted by Crippen LogP contribution is 2.30. The van der Waals surface area contributed by atoms with E-state index < -0.39 is 0 Å². The van der Waals surface area contributed by atoms with Gasteiger partial charge < -0.3 is 25.0 Å². The van der Waals surface area contributed by atoms with Gasteiger partial charge in [-0.2, -0.15) is 0 Å². The molecule has 1 aliphatic rings. The van der Waals surface area contributed by atoms with Crippen LogP contribution in [0.4, 0.5) is 5.69 Å². The molecule has 1 unspecified atom stereocenters. The molecule has 8 heteroatoms. The lowest BCUT2D eigenvalue weighted by atomic mass is 10.2. The molecule has 2 rings (SSSR count). The summed E-state index contributed by atoms with van der Waals surface area (Å²) >= 11 is 0. The molecule has 0 bridgehead atoms. The number of nitrogens with one attached hydrogen (secondary N) is 2. The fourth-order valence-corrected chi connectivity index (χ4v) is 2.96. The molecule has 1 heterocycles. The van der Waals surface area contributed by atoms with Gasteiger partial charge in [-0.15, -0.1) is 24.0 Å². The molecular formula is C19H34IN5O2. The van der Waals surface area contributed by atoms with E-state index in [9.17, 15) is 0 Å². The van der Waals surface area contributed by atoms with Gasteiger partial charge in [0.25, 0.3) is 0 Å². The number of hydrogen-bond acceptors (Lipinski definition) is 5. The molecule has 1 atom stereocenters. The average molecular weight is 491 g/mol. The van der Waals surface area contributed by atoms with Gasteiger partial charge in [-0.05, 0) is 40.1 Å². The third kappa shape index (κ3) is 7.34. The van der Waals surface area contributed by atoms with Crippen molar-refractivity contribution in [3.8, 4) is 11.5 Å². The van der Waals surface area contributed by atoms with Crippen LogP contribution in [0.15, 0.2) is 23.2 Å². The van der Waals surface area contributed by atoms with Crippen molar-refractivity contribution in [2.24, 2.45) is 4.99 Å². The predicted molar refractivity (Wildman–Crippen MR) is 123 cm³/mol. The molecule has 1 fully saturated rings. The van der Waals surface area contributed by atoms with Gasteiger partial charge in [0, 0.05) is 44.0 Å². The Morgan fingerprint density at radius 3 is 2.67 bits per heavy atom. The quantitative estimate of drug-likeness (QED) is 0.347. The van der Waals surface area contributed by atoms with Crippen LogP contribution in [0.3, 0.4) is 0 Å². The summed E-state index contributed by atoms with van der Waals surface area (Å²) in [5, 5.41) is 6.67. The second-order valence-corrected chi connectivity index (χ2v) is 6.54. The summed E-state index contributed by atoms with van der Waals surface area (Å²) in [6.45, 7) is 9.42. The minimum Gasteiger partial charge on any atom is -0.493 e. The van der Waals surface area contributed by atoms with Gasteiger partial charge in [-0.25, -0.2) is 0 Å². The highest BCUT2D eigenvalue weighted by atomic mass is 127. The van der Waals surface area contributed by atoms with Crippen LogP contribution in [0, 0.1) is 0 Å². The molecule has 1 aliphatic heterocycles. The van der Waals surface area contributed by atoms with E-state index in [4.69, 9.17) is 14.5 Å². The Bertz CT molecular complexity index is 599. The van der Waals surface area contributed by atoms with E-state index in [1.54, 1.807) is 7.11 Å². The summed E-state index contributed by atoms with van der Waals surface area (Å²) in [7, 11) is 5.99. The van der Waals surface area contributed by atoms with Crippen molar-refractivity contribution in [1.82, 2.24) is 15.1 Å². The van der Waals surface area contributed by atoms with Gasteiger partial charge in [0.05, 0.1) is 20.3 Å². The molecule has 154 valence electrons. The van der Waals surface area contributed by atoms with Crippen molar-refractivity contribution in [3.63, 3.8) is 0 Å². The van der Waals surface area contributed by atoms with E-state index in [0.29, 0.717) is 18.4 Å². The molecule has 0 amide bonds. The number of aliphatic imine (C=N–C) groups is 1. The molecular weight excluding hydrogens is 457 g/mol. The number of hydrogen-bond donors (Lipinski definition) is 2. The average Bonchev–Trinajstić information content (AvgIpc) is 2.63. The van der Waals surface area contributed by atoms with E-state index in [2.05, 4.69) is 41.5 Å². The van der Waals surface area contributed by atoms with Gasteiger partial charge in [0.2, 0.25) is 0 Å². The number of ether oxygens (including phenoxy) is 2. The monoisotopic (exact) mass is 491 g/mol. The molecule has 1 aromatic rings. The number of anilines is 1. The summed E-state index contributed by atoms with van der Waals surface area (Å²) < 4.78 is 11.0. The number of piperazine rings is 1. The molecule has 0 saturated carbocycles. The first-order valence-electron chi connectivity index (χ1n) is 9.32. The largest absolute Gasteiger partial charge is 0.493 e. The van der Waals surface area contributed by atoms with Crippen LogP contribution in [0.2, 0.25) is 0 Å². The number of likely N-dealkylation sites (N-methyl/N-ethyl adjacent to an activating group) is 2. The number of guanidine groups is 1. The minimum atomic E-state index is 0. The smallest absolute Gasteiger partial charge is 0.195 e. The van der Waals surface area contributed by atoms with E-state index in [1.165, 1.54) is 0 Å². The molecule has 0 radical (unpaired) electrons. The Balaban J connectivity index is 0.00000364. The molecule has 0 spiro atoms. The fraction of sp³-hybridized carbons (Fsp3) is 0.632. The van der Waals surface area contributed by atoms with E-state index >= 15 is 0 Å². The molecule has 2 N–H and O–H groups in total. The van der Waals surface area contributed by atoms with Crippen LogP contribution in [-0.4, -0.2) is 82.3 Å². The predicted octanol–water partition coefficient (Wildman–Crippen LogP) is 2.34. The van der Waals surface area contributed by atoms with Crippen LogP contribution in [0.5, 0.6) is 11.5 Å². The third-order valence-corrected chi connectivity index (χ3v) is 4.51. The Morgan fingerprint density at radius 2 is 2.00 bits per heavy atom. The Morgan fingerprint density at radius 1 is 1.22 bits per heavy atom. The van der Waals surface area contributed by atoms with Crippen molar-refractivity contribution in [2.75, 3.05) is 65.9 Å². The Labute approximate surface area is 180 Å². The lowest BCUT2D eigenvalue weighted by molar-refractivity contribution is 0.119. The molecule has 1 aromatic carbocycles. The third-order valence-electron chi connectivity index (χ3n) is 4.51. The van der Waals surface area contributed by atoms with Crippen molar-refractivity contribution >= 4 is 35.6 Å². The first-order valence-corrected chi connectivity index (χ1v) is 9.32. The summed E-state index contributed by atoms with van der Waals surface area (Å²) in [5.41, 5.74) is 0.916. The van der Waals surface area contributed by atoms with Gasteiger partial charge in [0.1, 0.15) is 0 Å². The zero-order valence-electron chi connectivity index (χ0n) is 17.1. The van der Waals surface area contributed by atoms with Crippen LogP contribution >= 0.6 is 24.0 Å². The summed E-state index contributed by atoms with van der Waals surface area (Å²) in [6, 6.07) is 6.25.